The Labute approximate surface area is 84.8 Å². The monoisotopic (exact) mass is 220 g/mol. The molecule has 2 aliphatic rings. The van der Waals surface area contributed by atoms with Crippen molar-refractivity contribution in [2.75, 3.05) is 39.4 Å². The average molecular weight is 220 g/mol. The molecule has 2 aliphatic heterocycles. The minimum atomic E-state index is -3.17. The molecule has 14 heavy (non-hydrogen) atoms. The molecule has 2 rings (SSSR count). The van der Waals surface area contributed by atoms with Gasteiger partial charge in [-0.05, 0) is 5.92 Å². The Balaban J connectivity index is 2.00. The van der Waals surface area contributed by atoms with Gasteiger partial charge in [0.1, 0.15) is 0 Å². The first-order valence-corrected chi connectivity index (χ1v) is 6.33. The van der Waals surface area contributed by atoms with Crippen molar-refractivity contribution in [1.82, 2.24) is 8.61 Å². The molecule has 0 atom stereocenters. The molecule has 0 aliphatic carbocycles. The molecule has 82 valence electrons. The van der Waals surface area contributed by atoms with Crippen molar-refractivity contribution >= 4 is 10.2 Å². The van der Waals surface area contributed by atoms with Crippen LogP contribution in [-0.4, -0.2) is 56.4 Å². The summed E-state index contributed by atoms with van der Waals surface area (Å²) in [5.41, 5.74) is 0. The van der Waals surface area contributed by atoms with Gasteiger partial charge in [-0.25, -0.2) is 0 Å². The van der Waals surface area contributed by atoms with E-state index in [1.807, 2.05) is 0 Å². The second kappa shape index (κ2) is 3.77. The van der Waals surface area contributed by atoms with Gasteiger partial charge in [-0.15, -0.1) is 0 Å². The summed E-state index contributed by atoms with van der Waals surface area (Å²) in [6, 6.07) is 0. The predicted octanol–water partition coefficient (Wildman–Crippen LogP) is -0.485. The number of ether oxygens (including phenoxy) is 1. The van der Waals surface area contributed by atoms with Gasteiger partial charge in [-0.1, -0.05) is 6.92 Å². The van der Waals surface area contributed by atoms with Crippen molar-refractivity contribution in [2.45, 2.75) is 6.92 Å². The highest BCUT2D eigenvalue weighted by molar-refractivity contribution is 7.86. The van der Waals surface area contributed by atoms with Crippen LogP contribution >= 0.6 is 0 Å². The van der Waals surface area contributed by atoms with Gasteiger partial charge in [0.2, 0.25) is 0 Å². The molecule has 0 saturated carbocycles. The number of hydrogen-bond acceptors (Lipinski definition) is 3. The number of nitrogens with zero attached hydrogens (tertiary/aromatic N) is 2. The first kappa shape index (κ1) is 10.4. The summed E-state index contributed by atoms with van der Waals surface area (Å²) >= 11 is 0. The molecule has 0 aromatic carbocycles. The second-order valence-corrected chi connectivity index (χ2v) is 5.87. The summed E-state index contributed by atoms with van der Waals surface area (Å²) in [7, 11) is -3.17. The Morgan fingerprint density at radius 3 is 2.21 bits per heavy atom. The Bertz CT molecular complexity index is 292. The minimum Gasteiger partial charge on any atom is -0.379 e. The van der Waals surface area contributed by atoms with Crippen molar-refractivity contribution in [3.8, 4) is 0 Å². The third-order valence-corrected chi connectivity index (χ3v) is 4.62. The standard InChI is InChI=1S/C8H16N2O3S/c1-8-6-10(7-8)14(11,12)9-2-4-13-5-3-9/h8H,2-7H2,1H3. The van der Waals surface area contributed by atoms with Gasteiger partial charge in [-0.2, -0.15) is 17.0 Å². The lowest BCUT2D eigenvalue weighted by atomic mass is 10.1. The highest BCUT2D eigenvalue weighted by atomic mass is 32.2. The maximum Gasteiger partial charge on any atom is 0.282 e. The first-order valence-electron chi connectivity index (χ1n) is 4.93. The molecule has 0 bridgehead atoms. The van der Waals surface area contributed by atoms with Crippen LogP contribution in [0, 0.1) is 5.92 Å². The minimum absolute atomic E-state index is 0.493. The zero-order valence-electron chi connectivity index (χ0n) is 8.35. The largest absolute Gasteiger partial charge is 0.379 e. The maximum atomic E-state index is 11.9. The third-order valence-electron chi connectivity index (χ3n) is 2.65. The van der Waals surface area contributed by atoms with Gasteiger partial charge in [0.05, 0.1) is 13.2 Å². The zero-order chi connectivity index (χ0) is 10.2. The van der Waals surface area contributed by atoms with Crippen LogP contribution < -0.4 is 0 Å². The molecule has 0 amide bonds. The van der Waals surface area contributed by atoms with Crippen LogP contribution in [0.1, 0.15) is 6.92 Å². The van der Waals surface area contributed by atoms with Crippen LogP contribution in [0.15, 0.2) is 0 Å². The molecule has 6 heteroatoms. The number of rotatable bonds is 2. The van der Waals surface area contributed by atoms with Crippen molar-refractivity contribution < 1.29 is 13.2 Å². The SMILES string of the molecule is CC1CN(S(=O)(=O)N2CCOCC2)C1. The molecule has 2 saturated heterocycles. The summed E-state index contributed by atoms with van der Waals surface area (Å²) in [4.78, 5) is 0. The number of morpholine rings is 1. The summed E-state index contributed by atoms with van der Waals surface area (Å²) in [6.07, 6.45) is 0. The van der Waals surface area contributed by atoms with E-state index in [-0.39, 0.29) is 0 Å². The van der Waals surface area contributed by atoms with Crippen LogP contribution in [0.5, 0.6) is 0 Å². The quantitative estimate of drug-likeness (QED) is 0.631. The summed E-state index contributed by atoms with van der Waals surface area (Å²) in [5, 5.41) is 0. The molecular weight excluding hydrogens is 204 g/mol. The lowest BCUT2D eigenvalue weighted by Crippen LogP contribution is -2.56. The van der Waals surface area contributed by atoms with E-state index >= 15 is 0 Å². The van der Waals surface area contributed by atoms with Gasteiger partial charge >= 0.3 is 0 Å². The highest BCUT2D eigenvalue weighted by Crippen LogP contribution is 2.21. The van der Waals surface area contributed by atoms with Crippen LogP contribution in [0.25, 0.3) is 0 Å². The van der Waals surface area contributed by atoms with Gasteiger partial charge in [0, 0.05) is 26.2 Å². The molecule has 0 spiro atoms. The molecule has 0 N–H and O–H groups in total. The highest BCUT2D eigenvalue weighted by Gasteiger charge is 2.37. The van der Waals surface area contributed by atoms with Gasteiger partial charge in [-0.3, -0.25) is 0 Å². The Morgan fingerprint density at radius 2 is 1.71 bits per heavy atom. The van der Waals surface area contributed by atoms with E-state index in [0.29, 0.717) is 45.3 Å². The summed E-state index contributed by atoms with van der Waals surface area (Å²) in [6.45, 7) is 5.41. The first-order chi connectivity index (χ1) is 6.60. The smallest absolute Gasteiger partial charge is 0.282 e. The number of hydrogen-bond donors (Lipinski definition) is 0. The van der Waals surface area contributed by atoms with Crippen LogP contribution in [0.3, 0.4) is 0 Å². The van der Waals surface area contributed by atoms with E-state index < -0.39 is 10.2 Å². The van der Waals surface area contributed by atoms with Crippen molar-refractivity contribution in [1.29, 1.82) is 0 Å². The molecular formula is C8H16N2O3S. The van der Waals surface area contributed by atoms with Crippen molar-refractivity contribution in [3.63, 3.8) is 0 Å². The zero-order valence-corrected chi connectivity index (χ0v) is 9.16. The fraction of sp³-hybridized carbons (Fsp3) is 1.00. The second-order valence-electron chi connectivity index (χ2n) is 3.94. The lowest BCUT2D eigenvalue weighted by Gasteiger charge is -2.40. The van der Waals surface area contributed by atoms with Crippen molar-refractivity contribution in [3.05, 3.63) is 0 Å². The van der Waals surface area contributed by atoms with Gasteiger partial charge < -0.3 is 4.74 Å². The molecule has 0 radical (unpaired) electrons. The van der Waals surface area contributed by atoms with E-state index in [4.69, 9.17) is 4.74 Å². The van der Waals surface area contributed by atoms with Crippen LogP contribution in [0.2, 0.25) is 0 Å². The Hall–Kier alpha value is -0.170. The molecule has 0 aromatic heterocycles. The normalized spacial score (nSPS) is 27.5. The van der Waals surface area contributed by atoms with E-state index in [9.17, 15) is 8.42 Å². The molecule has 2 fully saturated rings. The molecule has 0 aromatic rings. The fourth-order valence-electron chi connectivity index (χ4n) is 1.77. The Kier molecular flexibility index (Phi) is 2.79. The molecule has 5 nitrogen and oxygen atoms in total. The summed E-state index contributed by atoms with van der Waals surface area (Å²) in [5.74, 6) is 0.505. The van der Waals surface area contributed by atoms with Crippen LogP contribution in [-0.2, 0) is 14.9 Å². The maximum absolute atomic E-state index is 11.9. The Morgan fingerprint density at radius 1 is 1.14 bits per heavy atom. The predicted molar refractivity (Wildman–Crippen MR) is 52.0 cm³/mol. The molecule has 2 heterocycles. The van der Waals surface area contributed by atoms with Gasteiger partial charge in [0.25, 0.3) is 10.2 Å². The van der Waals surface area contributed by atoms with Crippen molar-refractivity contribution in [2.24, 2.45) is 5.92 Å². The van der Waals surface area contributed by atoms with Gasteiger partial charge in [0.15, 0.2) is 0 Å². The van der Waals surface area contributed by atoms with E-state index in [1.165, 1.54) is 4.31 Å². The van der Waals surface area contributed by atoms with Crippen LogP contribution in [0.4, 0.5) is 0 Å². The molecule has 0 unspecified atom stereocenters. The van der Waals surface area contributed by atoms with E-state index in [0.717, 1.165) is 0 Å². The van der Waals surface area contributed by atoms with E-state index in [2.05, 4.69) is 6.92 Å². The van der Waals surface area contributed by atoms with E-state index in [1.54, 1.807) is 4.31 Å². The lowest BCUT2D eigenvalue weighted by molar-refractivity contribution is 0.0669. The fourth-order valence-corrected chi connectivity index (χ4v) is 3.59. The topological polar surface area (TPSA) is 49.9 Å². The summed E-state index contributed by atoms with van der Waals surface area (Å²) < 4.78 is 32.0. The average Bonchev–Trinajstić information content (AvgIpc) is 2.14. The third kappa shape index (κ3) is 1.79.